The van der Waals surface area contributed by atoms with Crippen LogP contribution < -0.4 is 5.32 Å². The number of benzene rings is 1. The Kier molecular flexibility index (Phi) is 3.48. The zero-order chi connectivity index (χ0) is 13.2. The van der Waals surface area contributed by atoms with E-state index in [-0.39, 0.29) is 17.8 Å². The molecule has 96 valence electrons. The predicted octanol–water partition coefficient (Wildman–Crippen LogP) is 2.55. The van der Waals surface area contributed by atoms with Gasteiger partial charge in [0.15, 0.2) is 11.6 Å². The molecule has 0 amide bonds. The van der Waals surface area contributed by atoms with Gasteiger partial charge < -0.3 is 10.4 Å². The fraction of sp³-hybridized carbons (Fsp3) is 0.462. The molecule has 5 heteroatoms. The number of nitrogens with one attached hydrogen (secondary N) is 1. The number of aliphatic hydroxyl groups is 1. The lowest BCUT2D eigenvalue weighted by Crippen LogP contribution is -2.33. The molecule has 1 aliphatic carbocycles. The standard InChI is InChI=1S/C13H14F2N2O/c14-10-5-9(7-16)6-11(15)12(10)17-8-13(18)3-1-2-4-13/h5-6,17-18H,1-4,8H2. The van der Waals surface area contributed by atoms with Crippen LogP contribution in [0.25, 0.3) is 0 Å². The van der Waals surface area contributed by atoms with Gasteiger partial charge in [-0.05, 0) is 25.0 Å². The second-order valence-corrected chi connectivity index (χ2v) is 4.71. The second kappa shape index (κ2) is 4.91. The van der Waals surface area contributed by atoms with E-state index in [1.165, 1.54) is 0 Å². The molecule has 1 aliphatic rings. The van der Waals surface area contributed by atoms with Gasteiger partial charge in [-0.15, -0.1) is 0 Å². The van der Waals surface area contributed by atoms with Crippen molar-refractivity contribution in [3.8, 4) is 6.07 Å². The van der Waals surface area contributed by atoms with Crippen LogP contribution in [0.4, 0.5) is 14.5 Å². The van der Waals surface area contributed by atoms with Crippen LogP contribution >= 0.6 is 0 Å². The number of hydrogen-bond donors (Lipinski definition) is 2. The summed E-state index contributed by atoms with van der Waals surface area (Å²) >= 11 is 0. The molecular formula is C13H14F2N2O. The third-order valence-corrected chi connectivity index (χ3v) is 3.30. The third-order valence-electron chi connectivity index (χ3n) is 3.30. The summed E-state index contributed by atoms with van der Waals surface area (Å²) in [6, 6.07) is 3.64. The molecule has 2 N–H and O–H groups in total. The average molecular weight is 252 g/mol. The van der Waals surface area contributed by atoms with Crippen molar-refractivity contribution >= 4 is 5.69 Å². The summed E-state index contributed by atoms with van der Waals surface area (Å²) in [6.45, 7) is 0.118. The fourth-order valence-electron chi connectivity index (χ4n) is 2.27. The van der Waals surface area contributed by atoms with Crippen LogP contribution in [-0.4, -0.2) is 17.3 Å². The summed E-state index contributed by atoms with van der Waals surface area (Å²) in [7, 11) is 0. The molecule has 1 saturated carbocycles. The minimum absolute atomic E-state index is 0.0601. The van der Waals surface area contributed by atoms with E-state index in [2.05, 4.69) is 5.32 Å². The lowest BCUT2D eigenvalue weighted by atomic mass is 10.0. The summed E-state index contributed by atoms with van der Waals surface area (Å²) in [6.07, 6.45) is 3.13. The minimum Gasteiger partial charge on any atom is -0.388 e. The van der Waals surface area contributed by atoms with Gasteiger partial charge in [0.05, 0.1) is 17.2 Å². The Bertz CT molecular complexity index is 467. The molecule has 0 aromatic heterocycles. The van der Waals surface area contributed by atoms with Gasteiger partial charge in [0, 0.05) is 6.54 Å². The molecule has 3 nitrogen and oxygen atoms in total. The highest BCUT2D eigenvalue weighted by Gasteiger charge is 2.31. The van der Waals surface area contributed by atoms with Gasteiger partial charge >= 0.3 is 0 Å². The Hall–Kier alpha value is -1.67. The molecule has 0 spiro atoms. The second-order valence-electron chi connectivity index (χ2n) is 4.71. The minimum atomic E-state index is -0.882. The average Bonchev–Trinajstić information content (AvgIpc) is 2.75. The molecule has 0 heterocycles. The fourth-order valence-corrected chi connectivity index (χ4v) is 2.27. The molecule has 18 heavy (non-hydrogen) atoms. The molecule has 0 radical (unpaired) electrons. The van der Waals surface area contributed by atoms with Crippen LogP contribution in [0.1, 0.15) is 31.2 Å². The van der Waals surface area contributed by atoms with Gasteiger partial charge in [0.1, 0.15) is 5.69 Å². The lowest BCUT2D eigenvalue weighted by Gasteiger charge is -2.23. The quantitative estimate of drug-likeness (QED) is 0.869. The highest BCUT2D eigenvalue weighted by Crippen LogP contribution is 2.30. The van der Waals surface area contributed by atoms with Gasteiger partial charge in [0.25, 0.3) is 0 Å². The highest BCUT2D eigenvalue weighted by atomic mass is 19.1. The van der Waals surface area contributed by atoms with E-state index in [0.717, 1.165) is 25.0 Å². The van der Waals surface area contributed by atoms with Crippen LogP contribution in [0.2, 0.25) is 0 Å². The van der Waals surface area contributed by atoms with Crippen molar-refractivity contribution in [1.82, 2.24) is 0 Å². The first kappa shape index (κ1) is 12.8. The van der Waals surface area contributed by atoms with Crippen LogP contribution in [0.5, 0.6) is 0 Å². The smallest absolute Gasteiger partial charge is 0.150 e. The molecule has 1 aromatic rings. The molecule has 0 atom stereocenters. The summed E-state index contributed by atoms with van der Waals surface area (Å²) < 4.78 is 27.1. The Morgan fingerprint density at radius 1 is 1.28 bits per heavy atom. The number of nitrogens with zero attached hydrogens (tertiary/aromatic N) is 1. The van der Waals surface area contributed by atoms with E-state index in [9.17, 15) is 13.9 Å². The zero-order valence-electron chi connectivity index (χ0n) is 9.84. The third kappa shape index (κ3) is 2.59. The summed E-state index contributed by atoms with van der Waals surface area (Å²) in [5, 5.41) is 21.3. The predicted molar refractivity (Wildman–Crippen MR) is 63.0 cm³/mol. The number of halogens is 2. The monoisotopic (exact) mass is 252 g/mol. The van der Waals surface area contributed by atoms with Crippen molar-refractivity contribution < 1.29 is 13.9 Å². The SMILES string of the molecule is N#Cc1cc(F)c(NCC2(O)CCCC2)c(F)c1. The first-order valence-corrected chi connectivity index (χ1v) is 5.89. The van der Waals surface area contributed by atoms with Gasteiger partial charge in [-0.1, -0.05) is 12.8 Å². The Morgan fingerprint density at radius 2 is 1.83 bits per heavy atom. The molecule has 1 aromatic carbocycles. The van der Waals surface area contributed by atoms with E-state index < -0.39 is 17.2 Å². The topological polar surface area (TPSA) is 56.0 Å². The first-order valence-electron chi connectivity index (χ1n) is 5.89. The Balaban J connectivity index is 2.12. The lowest BCUT2D eigenvalue weighted by molar-refractivity contribution is 0.0613. The zero-order valence-corrected chi connectivity index (χ0v) is 9.84. The van der Waals surface area contributed by atoms with Crippen molar-refractivity contribution in [3.63, 3.8) is 0 Å². The van der Waals surface area contributed by atoms with E-state index in [1.807, 2.05) is 0 Å². The molecule has 0 aliphatic heterocycles. The number of hydrogen-bond acceptors (Lipinski definition) is 3. The van der Waals surface area contributed by atoms with Gasteiger partial charge in [-0.3, -0.25) is 0 Å². The van der Waals surface area contributed by atoms with Gasteiger partial charge in [0.2, 0.25) is 0 Å². The maximum absolute atomic E-state index is 13.6. The molecule has 2 rings (SSSR count). The summed E-state index contributed by atoms with van der Waals surface area (Å²) in [5.41, 5.74) is -1.23. The van der Waals surface area contributed by atoms with Gasteiger partial charge in [-0.2, -0.15) is 5.26 Å². The molecular weight excluding hydrogens is 238 g/mol. The van der Waals surface area contributed by atoms with Crippen molar-refractivity contribution in [2.24, 2.45) is 0 Å². The summed E-state index contributed by atoms with van der Waals surface area (Å²) in [4.78, 5) is 0. The number of rotatable bonds is 3. The molecule has 0 saturated heterocycles. The van der Waals surface area contributed by atoms with Crippen LogP contribution in [0.15, 0.2) is 12.1 Å². The maximum Gasteiger partial charge on any atom is 0.150 e. The number of anilines is 1. The van der Waals surface area contributed by atoms with Crippen molar-refractivity contribution in [3.05, 3.63) is 29.3 Å². The number of nitriles is 1. The molecule has 1 fully saturated rings. The van der Waals surface area contributed by atoms with Gasteiger partial charge in [-0.25, -0.2) is 8.78 Å². The highest BCUT2D eigenvalue weighted by molar-refractivity contribution is 5.50. The van der Waals surface area contributed by atoms with E-state index >= 15 is 0 Å². The summed E-state index contributed by atoms with van der Waals surface area (Å²) in [5.74, 6) is -1.62. The largest absolute Gasteiger partial charge is 0.388 e. The normalized spacial score (nSPS) is 17.4. The van der Waals surface area contributed by atoms with Crippen molar-refractivity contribution in [2.75, 3.05) is 11.9 Å². The Labute approximate surface area is 104 Å². The van der Waals surface area contributed by atoms with Crippen LogP contribution in [0, 0.1) is 23.0 Å². The molecule has 0 unspecified atom stereocenters. The van der Waals surface area contributed by atoms with Crippen molar-refractivity contribution in [2.45, 2.75) is 31.3 Å². The van der Waals surface area contributed by atoms with Crippen LogP contribution in [0.3, 0.4) is 0 Å². The first-order chi connectivity index (χ1) is 8.54. The van der Waals surface area contributed by atoms with Crippen molar-refractivity contribution in [1.29, 1.82) is 5.26 Å². The van der Waals surface area contributed by atoms with E-state index in [4.69, 9.17) is 5.26 Å². The maximum atomic E-state index is 13.6. The Morgan fingerprint density at radius 3 is 2.33 bits per heavy atom. The van der Waals surface area contributed by atoms with E-state index in [1.54, 1.807) is 6.07 Å². The van der Waals surface area contributed by atoms with Crippen LogP contribution in [-0.2, 0) is 0 Å². The molecule has 0 bridgehead atoms. The van der Waals surface area contributed by atoms with E-state index in [0.29, 0.717) is 12.8 Å².